The molecule has 0 aromatic heterocycles. The summed E-state index contributed by atoms with van der Waals surface area (Å²) < 4.78 is 0. The molecule has 0 radical (unpaired) electrons. The van der Waals surface area contributed by atoms with E-state index in [0.717, 1.165) is 0 Å². The lowest BCUT2D eigenvalue weighted by Gasteiger charge is -2.27. The van der Waals surface area contributed by atoms with Crippen LogP contribution < -0.4 is 5.32 Å². The fraction of sp³-hybridized carbons (Fsp3) is 0.800. The zero-order valence-electron chi connectivity index (χ0n) is 9.56. The molecule has 6 heteroatoms. The largest absolute Gasteiger partial charge is 0.394 e. The lowest BCUT2D eigenvalue weighted by Crippen LogP contribution is -2.53. The number of amides is 2. The van der Waals surface area contributed by atoms with Crippen molar-refractivity contribution < 1.29 is 19.8 Å². The summed E-state index contributed by atoms with van der Waals surface area (Å²) in [6, 6.07) is 0. The molecule has 1 unspecified atom stereocenters. The van der Waals surface area contributed by atoms with Crippen LogP contribution in [0.15, 0.2) is 0 Å². The summed E-state index contributed by atoms with van der Waals surface area (Å²) in [5.41, 5.74) is -1.03. The van der Waals surface area contributed by atoms with E-state index < -0.39 is 11.5 Å². The monoisotopic (exact) mass is 230 g/mol. The van der Waals surface area contributed by atoms with E-state index in [0.29, 0.717) is 6.54 Å². The maximum absolute atomic E-state index is 11.8. The van der Waals surface area contributed by atoms with Gasteiger partial charge in [0, 0.05) is 20.0 Å². The van der Waals surface area contributed by atoms with Gasteiger partial charge >= 0.3 is 0 Å². The first kappa shape index (κ1) is 12.9. The Morgan fingerprint density at radius 3 is 2.50 bits per heavy atom. The number of nitrogens with one attached hydrogen (secondary N) is 1. The normalized spacial score (nSPS) is 21.4. The second kappa shape index (κ2) is 4.80. The van der Waals surface area contributed by atoms with Gasteiger partial charge in [0.25, 0.3) is 0 Å². The molecule has 0 aromatic carbocycles. The molecule has 1 saturated heterocycles. The zero-order chi connectivity index (χ0) is 12.3. The van der Waals surface area contributed by atoms with Gasteiger partial charge in [0.05, 0.1) is 24.7 Å². The van der Waals surface area contributed by atoms with Gasteiger partial charge in [0.2, 0.25) is 11.8 Å². The molecule has 0 aliphatic carbocycles. The predicted octanol–water partition coefficient (Wildman–Crippen LogP) is -1.68. The van der Waals surface area contributed by atoms with Gasteiger partial charge < -0.3 is 20.4 Å². The van der Waals surface area contributed by atoms with E-state index in [4.69, 9.17) is 10.2 Å². The van der Waals surface area contributed by atoms with Crippen molar-refractivity contribution in [2.24, 2.45) is 5.92 Å². The highest BCUT2D eigenvalue weighted by molar-refractivity contribution is 5.89. The smallest absolute Gasteiger partial charge is 0.226 e. The molecular weight excluding hydrogens is 212 g/mol. The Balaban J connectivity index is 2.57. The molecule has 6 nitrogen and oxygen atoms in total. The molecule has 0 aromatic rings. The van der Waals surface area contributed by atoms with Crippen molar-refractivity contribution >= 4 is 11.8 Å². The van der Waals surface area contributed by atoms with Crippen LogP contribution in [0.3, 0.4) is 0 Å². The van der Waals surface area contributed by atoms with Crippen LogP contribution in [0.25, 0.3) is 0 Å². The van der Waals surface area contributed by atoms with Crippen LogP contribution in [0.5, 0.6) is 0 Å². The minimum atomic E-state index is -1.03. The van der Waals surface area contributed by atoms with Crippen LogP contribution in [-0.2, 0) is 9.59 Å². The van der Waals surface area contributed by atoms with Crippen molar-refractivity contribution in [1.29, 1.82) is 0 Å². The van der Waals surface area contributed by atoms with Gasteiger partial charge in [0.1, 0.15) is 0 Å². The average molecular weight is 230 g/mol. The molecule has 1 aliphatic rings. The molecule has 2 amide bonds. The third-order valence-corrected chi connectivity index (χ3v) is 2.83. The van der Waals surface area contributed by atoms with Gasteiger partial charge in [-0.1, -0.05) is 0 Å². The first-order chi connectivity index (χ1) is 7.41. The van der Waals surface area contributed by atoms with Gasteiger partial charge in [-0.3, -0.25) is 9.59 Å². The number of hydrogen-bond acceptors (Lipinski definition) is 4. The molecular formula is C10H18N2O4. The summed E-state index contributed by atoms with van der Waals surface area (Å²) >= 11 is 0. The Bertz CT molecular complexity index is 289. The highest BCUT2D eigenvalue weighted by Crippen LogP contribution is 2.17. The number of likely N-dealkylation sites (tertiary alicyclic amines) is 1. The van der Waals surface area contributed by atoms with Crippen molar-refractivity contribution in [3.8, 4) is 0 Å². The van der Waals surface area contributed by atoms with Crippen molar-refractivity contribution in [2.75, 3.05) is 26.8 Å². The topological polar surface area (TPSA) is 89.9 Å². The Morgan fingerprint density at radius 1 is 1.56 bits per heavy atom. The Kier molecular flexibility index (Phi) is 3.88. The minimum absolute atomic E-state index is 0.0603. The van der Waals surface area contributed by atoms with Crippen molar-refractivity contribution in [1.82, 2.24) is 10.2 Å². The molecule has 16 heavy (non-hydrogen) atoms. The molecule has 0 bridgehead atoms. The van der Waals surface area contributed by atoms with E-state index in [2.05, 4.69) is 5.32 Å². The van der Waals surface area contributed by atoms with Crippen LogP contribution in [0.4, 0.5) is 0 Å². The Morgan fingerprint density at radius 2 is 2.12 bits per heavy atom. The summed E-state index contributed by atoms with van der Waals surface area (Å²) in [4.78, 5) is 24.5. The number of nitrogens with zero attached hydrogens (tertiary/aromatic N) is 1. The summed E-state index contributed by atoms with van der Waals surface area (Å²) in [6.07, 6.45) is 0.190. The van der Waals surface area contributed by atoms with Gasteiger partial charge in [-0.2, -0.15) is 0 Å². The number of hydrogen-bond donors (Lipinski definition) is 3. The fourth-order valence-electron chi connectivity index (χ4n) is 1.57. The molecule has 3 N–H and O–H groups in total. The van der Waals surface area contributed by atoms with Crippen molar-refractivity contribution in [3.05, 3.63) is 0 Å². The highest BCUT2D eigenvalue weighted by Gasteiger charge is 2.35. The molecule has 0 saturated carbocycles. The minimum Gasteiger partial charge on any atom is -0.394 e. The molecule has 1 atom stereocenters. The first-order valence-corrected chi connectivity index (χ1v) is 5.19. The Hall–Kier alpha value is -1.14. The third kappa shape index (κ3) is 2.70. The number of aliphatic hydroxyl groups excluding tert-OH is 2. The molecule has 1 aliphatic heterocycles. The maximum Gasteiger partial charge on any atom is 0.226 e. The van der Waals surface area contributed by atoms with E-state index in [1.807, 2.05) is 0 Å². The molecule has 1 heterocycles. The van der Waals surface area contributed by atoms with E-state index >= 15 is 0 Å². The van der Waals surface area contributed by atoms with Gasteiger partial charge in [-0.05, 0) is 6.92 Å². The summed E-state index contributed by atoms with van der Waals surface area (Å²) in [7, 11) is 1.65. The van der Waals surface area contributed by atoms with E-state index in [9.17, 15) is 9.59 Å². The van der Waals surface area contributed by atoms with Gasteiger partial charge in [0.15, 0.2) is 0 Å². The zero-order valence-corrected chi connectivity index (χ0v) is 9.56. The van der Waals surface area contributed by atoms with Crippen LogP contribution in [0.2, 0.25) is 0 Å². The second-order valence-electron chi connectivity index (χ2n) is 4.54. The summed E-state index contributed by atoms with van der Waals surface area (Å²) in [6.45, 7) is 1.25. The number of carbonyl (C=O) groups excluding carboxylic acids is 2. The highest BCUT2D eigenvalue weighted by atomic mass is 16.3. The Labute approximate surface area is 94.2 Å². The quantitative estimate of drug-likeness (QED) is 0.538. The van der Waals surface area contributed by atoms with Gasteiger partial charge in [-0.15, -0.1) is 0 Å². The number of carbonyl (C=O) groups is 2. The lowest BCUT2D eigenvalue weighted by atomic mass is 10.0. The molecule has 0 spiro atoms. The summed E-state index contributed by atoms with van der Waals surface area (Å²) in [5, 5.41) is 20.6. The van der Waals surface area contributed by atoms with Crippen molar-refractivity contribution in [2.45, 2.75) is 18.9 Å². The van der Waals surface area contributed by atoms with E-state index in [1.54, 1.807) is 14.0 Å². The fourth-order valence-corrected chi connectivity index (χ4v) is 1.57. The van der Waals surface area contributed by atoms with Crippen molar-refractivity contribution in [3.63, 3.8) is 0 Å². The molecule has 1 rings (SSSR count). The second-order valence-corrected chi connectivity index (χ2v) is 4.54. The van der Waals surface area contributed by atoms with Crippen LogP contribution in [0, 0.1) is 5.92 Å². The molecule has 1 fully saturated rings. The molecule has 92 valence electrons. The number of rotatable bonds is 4. The summed E-state index contributed by atoms with van der Waals surface area (Å²) in [5.74, 6) is -0.756. The SMILES string of the molecule is CN1CC(C(=O)NC(C)(CO)CO)CC1=O. The standard InChI is InChI=1S/C10H18N2O4/c1-10(5-13,6-14)11-9(16)7-3-8(15)12(2)4-7/h7,13-14H,3-6H2,1-2H3,(H,11,16). The van der Waals surface area contributed by atoms with Crippen LogP contribution in [-0.4, -0.2) is 59.3 Å². The van der Waals surface area contributed by atoms with Gasteiger partial charge in [-0.25, -0.2) is 0 Å². The predicted molar refractivity (Wildman–Crippen MR) is 56.5 cm³/mol. The van der Waals surface area contributed by atoms with Crippen LogP contribution in [0.1, 0.15) is 13.3 Å². The lowest BCUT2D eigenvalue weighted by molar-refractivity contribution is -0.129. The third-order valence-electron chi connectivity index (χ3n) is 2.83. The van der Waals surface area contributed by atoms with E-state index in [-0.39, 0.29) is 31.4 Å². The number of aliphatic hydroxyl groups is 2. The average Bonchev–Trinajstić information content (AvgIpc) is 2.59. The van der Waals surface area contributed by atoms with E-state index in [1.165, 1.54) is 4.90 Å². The van der Waals surface area contributed by atoms with Crippen LogP contribution >= 0.6 is 0 Å². The first-order valence-electron chi connectivity index (χ1n) is 5.19. The maximum atomic E-state index is 11.8.